The van der Waals surface area contributed by atoms with Crippen LogP contribution in [0.3, 0.4) is 0 Å². The first kappa shape index (κ1) is 15.1. The van der Waals surface area contributed by atoms with E-state index in [0.717, 1.165) is 12.1 Å². The molecule has 2 rings (SSSR count). The molecule has 0 aliphatic carbocycles. The Bertz CT molecular complexity index is 507. The van der Waals surface area contributed by atoms with Crippen LogP contribution >= 0.6 is 0 Å². The third-order valence-electron chi connectivity index (χ3n) is 3.55. The Balaban J connectivity index is 2.35. The van der Waals surface area contributed by atoms with E-state index in [1.165, 1.54) is 20.1 Å². The lowest BCUT2D eigenvalue weighted by atomic mass is 9.75. The highest BCUT2D eigenvalue weighted by molar-refractivity contribution is 5.40. The van der Waals surface area contributed by atoms with Gasteiger partial charge in [-0.3, -0.25) is 0 Å². The van der Waals surface area contributed by atoms with Gasteiger partial charge in [-0.2, -0.15) is 13.2 Å². The molecule has 0 amide bonds. The van der Waals surface area contributed by atoms with Crippen LogP contribution in [-0.2, 0) is 10.3 Å². The standard InChI is InChI=1S/C13H14F4O3/c1-11(6-12(7-18,20-11)13(15,16)17)9-5-8(14)3-4-10(9)19-2/h3-5,18H,6-7H2,1-2H3. The molecule has 1 aromatic rings. The molecule has 3 nitrogen and oxygen atoms in total. The molecule has 1 N–H and O–H groups in total. The zero-order chi connectivity index (χ0) is 15.2. The van der Waals surface area contributed by atoms with Crippen LogP contribution in [0.5, 0.6) is 5.75 Å². The van der Waals surface area contributed by atoms with Gasteiger partial charge in [0.25, 0.3) is 0 Å². The van der Waals surface area contributed by atoms with Gasteiger partial charge in [-0.25, -0.2) is 4.39 Å². The monoisotopic (exact) mass is 294 g/mol. The van der Waals surface area contributed by atoms with E-state index in [1.54, 1.807) is 0 Å². The Kier molecular flexibility index (Phi) is 3.46. The maximum atomic E-state index is 13.3. The summed E-state index contributed by atoms with van der Waals surface area (Å²) in [4.78, 5) is 0. The van der Waals surface area contributed by atoms with Gasteiger partial charge in [0.15, 0.2) is 5.60 Å². The van der Waals surface area contributed by atoms with Crippen molar-refractivity contribution in [3.63, 3.8) is 0 Å². The molecule has 1 fully saturated rings. The fourth-order valence-electron chi connectivity index (χ4n) is 2.55. The van der Waals surface area contributed by atoms with Crippen molar-refractivity contribution < 1.29 is 32.1 Å². The van der Waals surface area contributed by atoms with Crippen molar-refractivity contribution >= 4 is 0 Å². The zero-order valence-electron chi connectivity index (χ0n) is 10.9. The van der Waals surface area contributed by atoms with Gasteiger partial charge in [-0.15, -0.1) is 0 Å². The first-order valence-electron chi connectivity index (χ1n) is 5.89. The highest BCUT2D eigenvalue weighted by Gasteiger charge is 2.68. The van der Waals surface area contributed by atoms with Crippen molar-refractivity contribution in [2.24, 2.45) is 0 Å². The lowest BCUT2D eigenvalue weighted by Crippen LogP contribution is -2.66. The van der Waals surface area contributed by atoms with Crippen molar-refractivity contribution in [1.29, 1.82) is 0 Å². The second-order valence-corrected chi connectivity index (χ2v) is 5.00. The molecule has 112 valence electrons. The van der Waals surface area contributed by atoms with E-state index >= 15 is 0 Å². The van der Waals surface area contributed by atoms with Gasteiger partial charge >= 0.3 is 6.18 Å². The summed E-state index contributed by atoms with van der Waals surface area (Å²) in [5, 5.41) is 8.98. The zero-order valence-corrected chi connectivity index (χ0v) is 10.9. The molecular weight excluding hydrogens is 280 g/mol. The molecular formula is C13H14F4O3. The maximum absolute atomic E-state index is 13.3. The SMILES string of the molecule is COc1ccc(F)cc1C1(C)CC(CO)(C(F)(F)F)O1. The number of rotatable bonds is 3. The number of halogens is 4. The van der Waals surface area contributed by atoms with Crippen molar-refractivity contribution in [1.82, 2.24) is 0 Å². The number of hydrogen-bond acceptors (Lipinski definition) is 3. The van der Waals surface area contributed by atoms with E-state index in [2.05, 4.69) is 0 Å². The number of benzene rings is 1. The molecule has 1 saturated heterocycles. The Labute approximate surface area is 113 Å². The number of aliphatic hydroxyl groups excluding tert-OH is 1. The fourth-order valence-corrected chi connectivity index (χ4v) is 2.55. The third kappa shape index (κ3) is 2.14. The predicted octanol–water partition coefficient (Wildman–Crippen LogP) is 2.76. The number of hydrogen-bond donors (Lipinski definition) is 1. The minimum Gasteiger partial charge on any atom is -0.496 e. The normalized spacial score (nSPS) is 29.9. The van der Waals surface area contributed by atoms with Crippen molar-refractivity contribution in [2.75, 3.05) is 13.7 Å². The first-order valence-corrected chi connectivity index (χ1v) is 5.89. The van der Waals surface area contributed by atoms with Crippen molar-refractivity contribution in [2.45, 2.75) is 30.7 Å². The molecule has 1 aliphatic rings. The van der Waals surface area contributed by atoms with E-state index in [0.29, 0.717) is 0 Å². The van der Waals surface area contributed by atoms with Crippen LogP contribution in [0.15, 0.2) is 18.2 Å². The van der Waals surface area contributed by atoms with Gasteiger partial charge in [-0.1, -0.05) is 0 Å². The van der Waals surface area contributed by atoms with Gasteiger partial charge in [-0.05, 0) is 25.1 Å². The molecule has 20 heavy (non-hydrogen) atoms. The van der Waals surface area contributed by atoms with E-state index in [-0.39, 0.29) is 11.3 Å². The molecule has 1 aromatic carbocycles. The van der Waals surface area contributed by atoms with Crippen LogP contribution in [0, 0.1) is 5.82 Å². The quantitative estimate of drug-likeness (QED) is 0.871. The summed E-state index contributed by atoms with van der Waals surface area (Å²) in [6, 6.07) is 3.55. The van der Waals surface area contributed by atoms with Crippen LogP contribution in [0.25, 0.3) is 0 Å². The topological polar surface area (TPSA) is 38.7 Å². The molecule has 0 bridgehead atoms. The second kappa shape index (κ2) is 4.60. The summed E-state index contributed by atoms with van der Waals surface area (Å²) in [5.41, 5.74) is -3.77. The minimum atomic E-state index is -4.69. The third-order valence-corrected chi connectivity index (χ3v) is 3.55. The van der Waals surface area contributed by atoms with Crippen LogP contribution in [0.4, 0.5) is 17.6 Å². The smallest absolute Gasteiger partial charge is 0.419 e. The summed E-state index contributed by atoms with van der Waals surface area (Å²) >= 11 is 0. The molecule has 0 spiro atoms. The van der Waals surface area contributed by atoms with Gasteiger partial charge in [0.05, 0.1) is 19.3 Å². The average molecular weight is 294 g/mol. The van der Waals surface area contributed by atoms with E-state index in [9.17, 15) is 17.6 Å². The van der Waals surface area contributed by atoms with Crippen LogP contribution in [-0.4, -0.2) is 30.6 Å². The Morgan fingerprint density at radius 3 is 2.45 bits per heavy atom. The summed E-state index contributed by atoms with van der Waals surface area (Å²) in [6.07, 6.45) is -5.19. The Hall–Kier alpha value is -1.34. The number of ether oxygens (including phenoxy) is 2. The maximum Gasteiger partial charge on any atom is 0.419 e. The first-order chi connectivity index (χ1) is 9.17. The second-order valence-electron chi connectivity index (χ2n) is 5.00. The lowest BCUT2D eigenvalue weighted by molar-refractivity contribution is -0.393. The average Bonchev–Trinajstić information content (AvgIpc) is 2.33. The molecule has 2 atom stereocenters. The summed E-state index contributed by atoms with van der Waals surface area (Å²) in [7, 11) is 1.34. The molecule has 0 aromatic heterocycles. The van der Waals surface area contributed by atoms with E-state index < -0.39 is 36.2 Å². The minimum absolute atomic E-state index is 0.188. The molecule has 1 heterocycles. The molecule has 0 radical (unpaired) electrons. The van der Waals surface area contributed by atoms with Gasteiger partial charge in [0, 0.05) is 12.0 Å². The van der Waals surface area contributed by atoms with Crippen molar-refractivity contribution in [3.8, 4) is 5.75 Å². The van der Waals surface area contributed by atoms with Gasteiger partial charge < -0.3 is 14.6 Å². The highest BCUT2D eigenvalue weighted by atomic mass is 19.4. The summed E-state index contributed by atoms with van der Waals surface area (Å²) in [5.74, 6) is -0.359. The predicted molar refractivity (Wildman–Crippen MR) is 61.9 cm³/mol. The highest BCUT2D eigenvalue weighted by Crippen LogP contribution is 2.56. The Morgan fingerprint density at radius 2 is 2.00 bits per heavy atom. The van der Waals surface area contributed by atoms with Crippen LogP contribution in [0.2, 0.25) is 0 Å². The van der Waals surface area contributed by atoms with Crippen LogP contribution in [0.1, 0.15) is 18.9 Å². The van der Waals surface area contributed by atoms with Gasteiger partial charge in [0.1, 0.15) is 11.6 Å². The largest absolute Gasteiger partial charge is 0.496 e. The summed E-state index contributed by atoms with van der Waals surface area (Å²) < 4.78 is 62.0. The number of aliphatic hydroxyl groups is 1. The molecule has 7 heteroatoms. The van der Waals surface area contributed by atoms with Gasteiger partial charge in [0.2, 0.25) is 0 Å². The molecule has 0 saturated carbocycles. The number of alkyl halides is 3. The van der Waals surface area contributed by atoms with E-state index in [1.807, 2.05) is 0 Å². The molecule has 2 unspecified atom stereocenters. The molecule has 1 aliphatic heterocycles. The van der Waals surface area contributed by atoms with E-state index in [4.69, 9.17) is 14.6 Å². The lowest BCUT2D eigenvalue weighted by Gasteiger charge is -2.54. The summed E-state index contributed by atoms with van der Waals surface area (Å²) in [6.45, 7) is 0.230. The fraction of sp³-hybridized carbons (Fsp3) is 0.538. The Morgan fingerprint density at radius 1 is 1.40 bits per heavy atom. The van der Waals surface area contributed by atoms with Crippen LogP contribution < -0.4 is 4.74 Å². The number of methoxy groups -OCH3 is 1. The van der Waals surface area contributed by atoms with Crippen molar-refractivity contribution in [3.05, 3.63) is 29.6 Å².